The Kier molecular flexibility index (Phi) is 7.44. The molecule has 1 saturated carbocycles. The van der Waals surface area contributed by atoms with E-state index in [4.69, 9.17) is 19.4 Å². The van der Waals surface area contributed by atoms with Crippen LogP contribution in [0.25, 0.3) is 11.1 Å². The molecule has 0 heterocycles. The van der Waals surface area contributed by atoms with E-state index < -0.39 is 24.1 Å². The first kappa shape index (κ1) is 23.7. The third-order valence-corrected chi connectivity index (χ3v) is 6.28. The number of aliphatic carboxylic acids is 1. The van der Waals surface area contributed by atoms with Crippen molar-refractivity contribution in [1.29, 1.82) is 0 Å². The number of carboxylic acid groups (broad SMARTS) is 1. The van der Waals surface area contributed by atoms with E-state index in [-0.39, 0.29) is 37.5 Å². The van der Waals surface area contributed by atoms with Crippen LogP contribution in [0.3, 0.4) is 0 Å². The zero-order chi connectivity index (χ0) is 24.1. The van der Waals surface area contributed by atoms with Gasteiger partial charge in [-0.05, 0) is 41.0 Å². The molecule has 3 N–H and O–H groups in total. The summed E-state index contributed by atoms with van der Waals surface area (Å²) in [6.45, 7) is 0.0765. The Hall–Kier alpha value is -3.43. The molecule has 180 valence electrons. The largest absolute Gasteiger partial charge is 0.479 e. The van der Waals surface area contributed by atoms with Crippen LogP contribution in [-0.4, -0.2) is 55.5 Å². The van der Waals surface area contributed by atoms with Gasteiger partial charge in [0.25, 0.3) is 0 Å². The Balaban J connectivity index is 1.18. The normalized spacial score (nSPS) is 19.3. The van der Waals surface area contributed by atoms with E-state index >= 15 is 0 Å². The number of methoxy groups -OCH3 is 1. The van der Waals surface area contributed by atoms with E-state index in [1.807, 2.05) is 24.3 Å². The van der Waals surface area contributed by atoms with Crippen molar-refractivity contribution in [2.24, 2.45) is 5.92 Å². The average molecular weight is 469 g/mol. The van der Waals surface area contributed by atoms with Crippen molar-refractivity contribution >= 4 is 18.0 Å². The second kappa shape index (κ2) is 10.7. The number of alkyl carbamates (subject to hydrolysis) is 1. The SMILES string of the molecule is COCC(ONC(=O)CC1CC(NC(=O)OCC2c3ccccc3-c3ccccc32)C1)C(=O)O. The fourth-order valence-electron chi connectivity index (χ4n) is 4.57. The average Bonchev–Trinajstić information content (AvgIpc) is 3.12. The number of amides is 2. The molecule has 2 aliphatic rings. The molecule has 1 atom stereocenters. The van der Waals surface area contributed by atoms with Crippen molar-refractivity contribution < 1.29 is 33.8 Å². The molecule has 9 heteroatoms. The van der Waals surface area contributed by atoms with Crippen LogP contribution in [0, 0.1) is 5.92 Å². The lowest BCUT2D eigenvalue weighted by Gasteiger charge is -2.35. The second-order valence-electron chi connectivity index (χ2n) is 8.63. The highest BCUT2D eigenvalue weighted by atomic mass is 16.7. The van der Waals surface area contributed by atoms with Crippen molar-refractivity contribution in [2.75, 3.05) is 20.3 Å². The Bertz CT molecular complexity index is 1010. The van der Waals surface area contributed by atoms with E-state index in [1.165, 1.54) is 18.2 Å². The monoisotopic (exact) mass is 468 g/mol. The summed E-state index contributed by atoms with van der Waals surface area (Å²) in [7, 11) is 1.35. The minimum Gasteiger partial charge on any atom is -0.479 e. The summed E-state index contributed by atoms with van der Waals surface area (Å²) in [4.78, 5) is 40.2. The van der Waals surface area contributed by atoms with Gasteiger partial charge >= 0.3 is 12.1 Å². The molecular formula is C25H28N2O7. The maximum Gasteiger partial charge on any atom is 0.407 e. The van der Waals surface area contributed by atoms with Crippen molar-refractivity contribution in [1.82, 2.24) is 10.8 Å². The van der Waals surface area contributed by atoms with Gasteiger partial charge in [-0.2, -0.15) is 0 Å². The molecule has 0 spiro atoms. The molecule has 0 radical (unpaired) electrons. The van der Waals surface area contributed by atoms with Gasteiger partial charge in [-0.3, -0.25) is 9.63 Å². The number of hydrogen-bond acceptors (Lipinski definition) is 6. The molecule has 9 nitrogen and oxygen atoms in total. The van der Waals surface area contributed by atoms with Crippen molar-refractivity contribution in [3.05, 3.63) is 59.7 Å². The van der Waals surface area contributed by atoms with E-state index in [0.29, 0.717) is 12.8 Å². The number of carbonyl (C=O) groups is 3. The molecular weight excluding hydrogens is 440 g/mol. The number of fused-ring (bicyclic) bond motifs is 3. The van der Waals surface area contributed by atoms with Crippen LogP contribution in [0.15, 0.2) is 48.5 Å². The van der Waals surface area contributed by atoms with Crippen LogP contribution in [0.4, 0.5) is 4.79 Å². The van der Waals surface area contributed by atoms with Crippen LogP contribution < -0.4 is 10.8 Å². The molecule has 2 amide bonds. The zero-order valence-corrected chi connectivity index (χ0v) is 18.9. The maximum absolute atomic E-state index is 12.4. The van der Waals surface area contributed by atoms with Crippen molar-refractivity contribution in [2.45, 2.75) is 37.3 Å². The summed E-state index contributed by atoms with van der Waals surface area (Å²) >= 11 is 0. The van der Waals surface area contributed by atoms with Gasteiger partial charge in [0.1, 0.15) is 6.61 Å². The topological polar surface area (TPSA) is 123 Å². The number of hydroxylamine groups is 1. The minimum absolute atomic E-state index is 0.00345. The summed E-state index contributed by atoms with van der Waals surface area (Å²) in [6.07, 6.45) is -0.279. The Morgan fingerprint density at radius 1 is 1.03 bits per heavy atom. The predicted octanol–water partition coefficient (Wildman–Crippen LogP) is 2.84. The van der Waals surface area contributed by atoms with Gasteiger partial charge in [0, 0.05) is 25.5 Å². The van der Waals surface area contributed by atoms with Gasteiger partial charge in [-0.15, -0.1) is 0 Å². The first-order valence-corrected chi connectivity index (χ1v) is 11.2. The number of ether oxygens (including phenoxy) is 2. The molecule has 0 aromatic heterocycles. The lowest BCUT2D eigenvalue weighted by Crippen LogP contribution is -2.46. The Morgan fingerprint density at radius 2 is 1.65 bits per heavy atom. The molecule has 0 bridgehead atoms. The first-order chi connectivity index (χ1) is 16.5. The number of benzene rings is 2. The molecule has 2 aliphatic carbocycles. The smallest absolute Gasteiger partial charge is 0.407 e. The third kappa shape index (κ3) is 5.37. The highest BCUT2D eigenvalue weighted by Crippen LogP contribution is 2.44. The molecule has 4 rings (SSSR count). The second-order valence-corrected chi connectivity index (χ2v) is 8.63. The van der Waals surface area contributed by atoms with Gasteiger partial charge in [0.2, 0.25) is 12.0 Å². The first-order valence-electron chi connectivity index (χ1n) is 11.2. The summed E-state index contributed by atoms with van der Waals surface area (Å²) in [5, 5.41) is 11.8. The standard InChI is InChI=1S/C25H28N2O7/c1-32-14-22(24(29)30)34-27-23(28)12-15-10-16(11-15)26-25(31)33-13-21-19-8-4-2-6-17(19)18-7-3-5-9-20(18)21/h2-9,15-16,21-22H,10-14H2,1H3,(H,26,31)(H,27,28)(H,29,30). The van der Waals surface area contributed by atoms with Crippen LogP contribution in [0.5, 0.6) is 0 Å². The minimum atomic E-state index is -1.27. The van der Waals surface area contributed by atoms with Crippen LogP contribution in [-0.2, 0) is 23.9 Å². The summed E-state index contributed by atoms with van der Waals surface area (Å²) in [6, 6.07) is 16.3. The highest BCUT2D eigenvalue weighted by Gasteiger charge is 2.33. The molecule has 0 aliphatic heterocycles. The lowest BCUT2D eigenvalue weighted by molar-refractivity contribution is -0.165. The zero-order valence-electron chi connectivity index (χ0n) is 18.9. The molecule has 1 fully saturated rings. The number of carbonyl (C=O) groups excluding carboxylic acids is 2. The molecule has 1 unspecified atom stereocenters. The van der Waals surface area contributed by atoms with Crippen molar-refractivity contribution in [3.8, 4) is 11.1 Å². The van der Waals surface area contributed by atoms with Gasteiger partial charge in [-0.1, -0.05) is 48.5 Å². The van der Waals surface area contributed by atoms with Gasteiger partial charge < -0.3 is 19.9 Å². The molecule has 34 heavy (non-hydrogen) atoms. The van der Waals surface area contributed by atoms with Crippen LogP contribution >= 0.6 is 0 Å². The Morgan fingerprint density at radius 3 is 2.24 bits per heavy atom. The van der Waals surface area contributed by atoms with Crippen molar-refractivity contribution in [3.63, 3.8) is 0 Å². The van der Waals surface area contributed by atoms with Gasteiger partial charge in [-0.25, -0.2) is 15.1 Å². The van der Waals surface area contributed by atoms with Gasteiger partial charge in [0.15, 0.2) is 0 Å². The fraction of sp³-hybridized carbons (Fsp3) is 0.400. The summed E-state index contributed by atoms with van der Waals surface area (Å²) in [5.41, 5.74) is 6.82. The summed E-state index contributed by atoms with van der Waals surface area (Å²) < 4.78 is 10.3. The fourth-order valence-corrected chi connectivity index (χ4v) is 4.57. The number of nitrogens with one attached hydrogen (secondary N) is 2. The highest BCUT2D eigenvalue weighted by molar-refractivity contribution is 5.79. The van der Waals surface area contributed by atoms with E-state index in [1.54, 1.807) is 0 Å². The Labute approximate surface area is 197 Å². The quantitative estimate of drug-likeness (QED) is 0.458. The van der Waals surface area contributed by atoms with E-state index in [0.717, 1.165) is 11.1 Å². The van der Waals surface area contributed by atoms with E-state index in [9.17, 15) is 14.4 Å². The molecule has 0 saturated heterocycles. The molecule has 2 aromatic carbocycles. The maximum atomic E-state index is 12.4. The lowest BCUT2D eigenvalue weighted by atomic mass is 9.78. The summed E-state index contributed by atoms with van der Waals surface area (Å²) in [5.74, 6) is -1.55. The van der Waals surface area contributed by atoms with E-state index in [2.05, 4.69) is 35.1 Å². The number of carboxylic acids is 1. The predicted molar refractivity (Wildman–Crippen MR) is 122 cm³/mol. The number of rotatable bonds is 10. The molecule has 2 aromatic rings. The van der Waals surface area contributed by atoms with Crippen LogP contribution in [0.1, 0.15) is 36.3 Å². The third-order valence-electron chi connectivity index (χ3n) is 6.28. The van der Waals surface area contributed by atoms with Gasteiger partial charge in [0.05, 0.1) is 6.61 Å². The number of hydrogen-bond donors (Lipinski definition) is 3. The van der Waals surface area contributed by atoms with Crippen LogP contribution in [0.2, 0.25) is 0 Å².